The molecule has 2 aromatic heterocycles. The highest BCUT2D eigenvalue weighted by molar-refractivity contribution is 5.94. The largest absolute Gasteiger partial charge is 0.394 e. The number of pyridine rings is 1. The predicted octanol–water partition coefficient (Wildman–Crippen LogP) is 2.51. The standard InChI is InChI=1S/C23H20FN5O3/c24-16-5-8-20-15(10-16)11-19(22(31)25-20)21-12-29(27-26-21)17-6-3-14(4-7-17)23(32)28-9-1-2-18(28)13-30/h3-8,10-12,18,30H,1-2,9,13H2,(H,25,31). The van der Waals surface area contributed by atoms with Gasteiger partial charge in [-0.1, -0.05) is 5.21 Å². The van der Waals surface area contributed by atoms with Gasteiger partial charge in [-0.05, 0) is 61.4 Å². The second-order valence-corrected chi connectivity index (χ2v) is 7.82. The topological polar surface area (TPSA) is 104 Å². The van der Waals surface area contributed by atoms with Gasteiger partial charge in [-0.25, -0.2) is 9.07 Å². The Morgan fingerprint density at radius 1 is 1.19 bits per heavy atom. The Balaban J connectivity index is 1.41. The van der Waals surface area contributed by atoms with E-state index >= 15 is 0 Å². The molecule has 1 aliphatic rings. The Morgan fingerprint density at radius 2 is 2.00 bits per heavy atom. The van der Waals surface area contributed by atoms with Crippen LogP contribution in [0.3, 0.4) is 0 Å². The molecule has 3 heterocycles. The van der Waals surface area contributed by atoms with Gasteiger partial charge < -0.3 is 15.0 Å². The number of rotatable bonds is 4. The van der Waals surface area contributed by atoms with Crippen molar-refractivity contribution in [1.29, 1.82) is 0 Å². The molecule has 162 valence electrons. The maximum absolute atomic E-state index is 13.6. The number of nitrogens with one attached hydrogen (secondary N) is 1. The third kappa shape index (κ3) is 3.56. The highest BCUT2D eigenvalue weighted by Crippen LogP contribution is 2.22. The van der Waals surface area contributed by atoms with E-state index in [0.717, 1.165) is 12.8 Å². The average Bonchev–Trinajstić information content (AvgIpc) is 3.48. The number of benzene rings is 2. The van der Waals surface area contributed by atoms with Gasteiger partial charge in [-0.2, -0.15) is 0 Å². The SMILES string of the molecule is O=C(c1ccc(-n2cc(-c3cc4cc(F)ccc4[nH]c3=O)nn2)cc1)N1CCCC1CO. The molecule has 32 heavy (non-hydrogen) atoms. The zero-order valence-electron chi connectivity index (χ0n) is 17.0. The van der Waals surface area contributed by atoms with Crippen molar-refractivity contribution < 1.29 is 14.3 Å². The summed E-state index contributed by atoms with van der Waals surface area (Å²) in [5, 5.41) is 18.2. The van der Waals surface area contributed by atoms with E-state index in [0.29, 0.717) is 34.4 Å². The van der Waals surface area contributed by atoms with Crippen molar-refractivity contribution in [3.8, 4) is 16.9 Å². The van der Waals surface area contributed by atoms with Crippen molar-refractivity contribution in [3.05, 3.63) is 76.5 Å². The number of aromatic amines is 1. The molecule has 1 unspecified atom stereocenters. The Bertz CT molecular complexity index is 1360. The molecule has 0 radical (unpaired) electrons. The van der Waals surface area contributed by atoms with Gasteiger partial charge in [0, 0.05) is 23.0 Å². The molecule has 1 saturated heterocycles. The van der Waals surface area contributed by atoms with Crippen LogP contribution in [-0.4, -0.2) is 55.1 Å². The molecule has 0 bridgehead atoms. The Morgan fingerprint density at radius 3 is 2.78 bits per heavy atom. The van der Waals surface area contributed by atoms with Crippen LogP contribution in [0.2, 0.25) is 0 Å². The van der Waals surface area contributed by atoms with Crippen molar-refractivity contribution in [2.45, 2.75) is 18.9 Å². The Kier molecular flexibility index (Phi) is 5.02. The first-order valence-corrected chi connectivity index (χ1v) is 10.3. The van der Waals surface area contributed by atoms with Crippen LogP contribution in [0.4, 0.5) is 4.39 Å². The first-order chi connectivity index (χ1) is 15.5. The van der Waals surface area contributed by atoms with E-state index in [1.54, 1.807) is 41.4 Å². The van der Waals surface area contributed by atoms with Crippen LogP contribution >= 0.6 is 0 Å². The molecular weight excluding hydrogens is 413 g/mol. The minimum Gasteiger partial charge on any atom is -0.394 e. The maximum Gasteiger partial charge on any atom is 0.258 e. The molecule has 1 aliphatic heterocycles. The van der Waals surface area contributed by atoms with Crippen molar-refractivity contribution in [3.63, 3.8) is 0 Å². The summed E-state index contributed by atoms with van der Waals surface area (Å²) in [6, 6.07) is 12.5. The van der Waals surface area contributed by atoms with Crippen LogP contribution in [0.5, 0.6) is 0 Å². The van der Waals surface area contributed by atoms with Gasteiger partial charge in [-0.15, -0.1) is 5.10 Å². The van der Waals surface area contributed by atoms with Gasteiger partial charge in [-0.3, -0.25) is 9.59 Å². The van der Waals surface area contributed by atoms with E-state index in [1.807, 2.05) is 0 Å². The first kappa shape index (κ1) is 20.1. The first-order valence-electron chi connectivity index (χ1n) is 10.3. The number of nitrogens with zero attached hydrogens (tertiary/aromatic N) is 4. The summed E-state index contributed by atoms with van der Waals surface area (Å²) in [6.45, 7) is 0.606. The summed E-state index contributed by atoms with van der Waals surface area (Å²) < 4.78 is 15.1. The monoisotopic (exact) mass is 433 g/mol. The van der Waals surface area contributed by atoms with Crippen LogP contribution in [0, 0.1) is 5.82 Å². The van der Waals surface area contributed by atoms with Crippen LogP contribution in [0.15, 0.2) is 59.5 Å². The molecule has 5 rings (SSSR count). The molecule has 0 spiro atoms. The van der Waals surface area contributed by atoms with Crippen LogP contribution in [0.25, 0.3) is 27.8 Å². The lowest BCUT2D eigenvalue weighted by molar-refractivity contribution is 0.0677. The lowest BCUT2D eigenvalue weighted by Crippen LogP contribution is -2.37. The number of carbonyl (C=O) groups excluding carboxylic acids is 1. The quantitative estimate of drug-likeness (QED) is 0.515. The molecule has 9 heteroatoms. The number of aromatic nitrogens is 4. The lowest BCUT2D eigenvalue weighted by atomic mass is 10.1. The van der Waals surface area contributed by atoms with E-state index < -0.39 is 5.82 Å². The van der Waals surface area contributed by atoms with Crippen LogP contribution in [0.1, 0.15) is 23.2 Å². The highest BCUT2D eigenvalue weighted by Gasteiger charge is 2.28. The van der Waals surface area contributed by atoms with Gasteiger partial charge in [0.1, 0.15) is 11.5 Å². The Labute approximate surface area is 181 Å². The third-order valence-electron chi connectivity index (χ3n) is 5.80. The van der Waals surface area contributed by atoms with E-state index in [-0.39, 0.29) is 29.7 Å². The van der Waals surface area contributed by atoms with E-state index in [4.69, 9.17) is 0 Å². The smallest absolute Gasteiger partial charge is 0.258 e. The molecule has 1 amide bonds. The normalized spacial score (nSPS) is 16.1. The minimum absolute atomic E-state index is 0.0356. The van der Waals surface area contributed by atoms with Gasteiger partial charge in [0.05, 0.1) is 30.1 Å². The molecule has 4 aromatic rings. The number of amides is 1. The summed E-state index contributed by atoms with van der Waals surface area (Å²) in [5.41, 5.74) is 2.02. The maximum atomic E-state index is 13.6. The van der Waals surface area contributed by atoms with Crippen molar-refractivity contribution >= 4 is 16.8 Å². The molecule has 1 atom stereocenters. The minimum atomic E-state index is -0.395. The summed E-state index contributed by atoms with van der Waals surface area (Å²) in [6.07, 6.45) is 3.30. The van der Waals surface area contributed by atoms with Crippen LogP contribution < -0.4 is 5.56 Å². The molecular formula is C23H20FN5O3. The fraction of sp³-hybridized carbons (Fsp3) is 0.217. The van der Waals surface area contributed by atoms with Crippen molar-refractivity contribution in [2.75, 3.05) is 13.2 Å². The molecule has 0 aliphatic carbocycles. The van der Waals surface area contributed by atoms with E-state index in [9.17, 15) is 19.1 Å². The summed E-state index contributed by atoms with van der Waals surface area (Å²) in [4.78, 5) is 29.6. The van der Waals surface area contributed by atoms with E-state index in [2.05, 4.69) is 15.3 Å². The third-order valence-corrected chi connectivity index (χ3v) is 5.80. The molecule has 2 N–H and O–H groups in total. The van der Waals surface area contributed by atoms with Gasteiger partial charge in [0.25, 0.3) is 11.5 Å². The zero-order chi connectivity index (χ0) is 22.2. The summed E-state index contributed by atoms with van der Waals surface area (Å²) in [7, 11) is 0. The number of carbonyl (C=O) groups is 1. The van der Waals surface area contributed by atoms with Crippen molar-refractivity contribution in [2.24, 2.45) is 0 Å². The van der Waals surface area contributed by atoms with E-state index in [1.165, 1.54) is 22.9 Å². The van der Waals surface area contributed by atoms with Crippen molar-refractivity contribution in [1.82, 2.24) is 24.9 Å². The predicted molar refractivity (Wildman–Crippen MR) is 116 cm³/mol. The highest BCUT2D eigenvalue weighted by atomic mass is 19.1. The number of aliphatic hydroxyl groups is 1. The second kappa shape index (κ2) is 8.01. The van der Waals surface area contributed by atoms with Gasteiger partial charge in [0.15, 0.2) is 0 Å². The van der Waals surface area contributed by atoms with Crippen LogP contribution in [-0.2, 0) is 0 Å². The van der Waals surface area contributed by atoms with Gasteiger partial charge in [0.2, 0.25) is 0 Å². The molecule has 1 fully saturated rings. The molecule has 8 nitrogen and oxygen atoms in total. The number of halogens is 1. The summed E-state index contributed by atoms with van der Waals surface area (Å²) >= 11 is 0. The number of fused-ring (bicyclic) bond motifs is 1. The fourth-order valence-corrected chi connectivity index (χ4v) is 4.10. The molecule has 2 aromatic carbocycles. The zero-order valence-corrected chi connectivity index (χ0v) is 17.0. The number of hydrogen-bond donors (Lipinski definition) is 2. The summed E-state index contributed by atoms with van der Waals surface area (Å²) in [5.74, 6) is -0.504. The second-order valence-electron chi connectivity index (χ2n) is 7.82. The number of aliphatic hydroxyl groups excluding tert-OH is 1. The fourth-order valence-electron chi connectivity index (χ4n) is 4.10. The Hall–Kier alpha value is -3.85. The number of hydrogen-bond acceptors (Lipinski definition) is 5. The van der Waals surface area contributed by atoms with Gasteiger partial charge >= 0.3 is 0 Å². The number of likely N-dealkylation sites (tertiary alicyclic amines) is 1. The lowest BCUT2D eigenvalue weighted by Gasteiger charge is -2.23. The average molecular weight is 433 g/mol. The number of H-pyrrole nitrogens is 1. The molecule has 0 saturated carbocycles.